The van der Waals surface area contributed by atoms with Gasteiger partial charge < -0.3 is 15.9 Å². The molecule has 2 unspecified atom stereocenters. The predicted molar refractivity (Wildman–Crippen MR) is 49.6 cm³/mol. The third-order valence-corrected chi connectivity index (χ3v) is 3.15. The lowest BCUT2D eigenvalue weighted by Gasteiger charge is -2.40. The van der Waals surface area contributed by atoms with Crippen LogP contribution in [0.4, 0.5) is 13.2 Å². The van der Waals surface area contributed by atoms with Crippen molar-refractivity contribution in [3.8, 4) is 0 Å². The van der Waals surface area contributed by atoms with Crippen LogP contribution in [0.15, 0.2) is 0 Å². The van der Waals surface area contributed by atoms with E-state index in [-0.39, 0.29) is 0 Å². The standard InChI is InChI=1S/C7H11BrF3NO3/c1-2-5(12,4(13)14)6(15,3-8)7(9,10)11/h15H,2-3,12H2,1H3,(H,13,14). The van der Waals surface area contributed by atoms with Crippen molar-refractivity contribution in [3.63, 3.8) is 0 Å². The smallest absolute Gasteiger partial charge is 0.420 e. The highest BCUT2D eigenvalue weighted by Crippen LogP contribution is 2.40. The fourth-order valence-corrected chi connectivity index (χ4v) is 1.89. The number of carboxylic acids is 1. The summed E-state index contributed by atoms with van der Waals surface area (Å²) in [7, 11) is 0. The average molecular weight is 294 g/mol. The van der Waals surface area contributed by atoms with Gasteiger partial charge in [-0.2, -0.15) is 13.2 Å². The summed E-state index contributed by atoms with van der Waals surface area (Å²) in [5.74, 6) is -1.90. The summed E-state index contributed by atoms with van der Waals surface area (Å²) < 4.78 is 37.6. The van der Waals surface area contributed by atoms with E-state index >= 15 is 0 Å². The van der Waals surface area contributed by atoms with Crippen molar-refractivity contribution < 1.29 is 28.2 Å². The number of nitrogens with two attached hydrogens (primary N) is 1. The number of halogens is 4. The zero-order chi connectivity index (χ0) is 12.5. The molecule has 0 aromatic rings. The molecule has 0 rings (SSSR count). The first-order chi connectivity index (χ1) is 6.56. The normalized spacial score (nSPS) is 20.5. The second-order valence-electron chi connectivity index (χ2n) is 3.12. The van der Waals surface area contributed by atoms with E-state index in [0.29, 0.717) is 0 Å². The van der Waals surface area contributed by atoms with Gasteiger partial charge in [0.2, 0.25) is 0 Å². The van der Waals surface area contributed by atoms with E-state index in [1.54, 1.807) is 0 Å². The number of hydrogen-bond donors (Lipinski definition) is 3. The SMILES string of the molecule is CCC(N)(C(=O)O)C(O)(CBr)C(F)(F)F. The number of hydrogen-bond acceptors (Lipinski definition) is 3. The van der Waals surface area contributed by atoms with Crippen molar-refractivity contribution in [2.45, 2.75) is 30.7 Å². The Kier molecular flexibility index (Phi) is 4.17. The van der Waals surface area contributed by atoms with Crippen molar-refractivity contribution in [1.29, 1.82) is 0 Å². The minimum absolute atomic E-state index is 0.552. The molecule has 0 bridgehead atoms. The summed E-state index contributed by atoms with van der Waals surface area (Å²) in [4.78, 5) is 10.7. The Balaban J connectivity index is 5.54. The summed E-state index contributed by atoms with van der Waals surface area (Å²) >= 11 is 2.44. The van der Waals surface area contributed by atoms with Crippen LogP contribution in [0.3, 0.4) is 0 Å². The van der Waals surface area contributed by atoms with Crippen LogP contribution >= 0.6 is 15.9 Å². The second kappa shape index (κ2) is 4.26. The maximum Gasteiger partial charge on any atom is 0.420 e. The molecular weight excluding hydrogens is 283 g/mol. The quantitative estimate of drug-likeness (QED) is 0.672. The monoisotopic (exact) mass is 293 g/mol. The fourth-order valence-electron chi connectivity index (χ4n) is 1.07. The molecule has 0 aromatic heterocycles. The number of carboxylic acid groups (broad SMARTS) is 1. The summed E-state index contributed by atoms with van der Waals surface area (Å²) in [5, 5.41) is 17.0. The van der Waals surface area contributed by atoms with E-state index in [0.717, 1.165) is 6.92 Å². The Labute approximate surface area is 92.4 Å². The maximum absolute atomic E-state index is 12.5. The lowest BCUT2D eigenvalue weighted by molar-refractivity contribution is -0.273. The van der Waals surface area contributed by atoms with E-state index < -0.39 is 35.0 Å². The lowest BCUT2D eigenvalue weighted by Crippen LogP contribution is -2.72. The zero-order valence-corrected chi connectivity index (χ0v) is 9.39. The van der Waals surface area contributed by atoms with Crippen LogP contribution in [0.2, 0.25) is 0 Å². The molecule has 0 saturated carbocycles. The van der Waals surface area contributed by atoms with Crippen molar-refractivity contribution in [2.24, 2.45) is 5.73 Å². The first-order valence-electron chi connectivity index (χ1n) is 3.94. The van der Waals surface area contributed by atoms with E-state index in [2.05, 4.69) is 15.9 Å². The van der Waals surface area contributed by atoms with Crippen LogP contribution in [0.1, 0.15) is 13.3 Å². The van der Waals surface area contributed by atoms with Gasteiger partial charge in [0.1, 0.15) is 0 Å². The predicted octanol–water partition coefficient (Wildman–Crippen LogP) is 0.867. The van der Waals surface area contributed by atoms with Gasteiger partial charge in [-0.05, 0) is 6.42 Å². The first kappa shape index (κ1) is 14.7. The highest BCUT2D eigenvalue weighted by atomic mass is 79.9. The van der Waals surface area contributed by atoms with Crippen molar-refractivity contribution in [3.05, 3.63) is 0 Å². The topological polar surface area (TPSA) is 83.6 Å². The van der Waals surface area contributed by atoms with Gasteiger partial charge in [-0.15, -0.1) is 0 Å². The Hall–Kier alpha value is -0.340. The van der Waals surface area contributed by atoms with Gasteiger partial charge in [0, 0.05) is 5.33 Å². The Bertz CT molecular complexity index is 260. The molecule has 0 heterocycles. The second-order valence-corrected chi connectivity index (χ2v) is 3.68. The Morgan fingerprint density at radius 2 is 1.87 bits per heavy atom. The molecule has 0 aliphatic heterocycles. The molecule has 4 nitrogen and oxygen atoms in total. The molecule has 0 aromatic carbocycles. The highest BCUT2D eigenvalue weighted by Gasteiger charge is 2.67. The van der Waals surface area contributed by atoms with E-state index in [9.17, 15) is 23.1 Å². The molecule has 15 heavy (non-hydrogen) atoms. The minimum Gasteiger partial charge on any atom is -0.480 e. The van der Waals surface area contributed by atoms with E-state index in [4.69, 9.17) is 10.8 Å². The molecule has 90 valence electrons. The number of carbonyl (C=O) groups is 1. The number of rotatable bonds is 4. The lowest BCUT2D eigenvalue weighted by atomic mass is 9.79. The summed E-state index contributed by atoms with van der Waals surface area (Å²) in [6.07, 6.45) is -5.68. The maximum atomic E-state index is 12.5. The molecular formula is C7H11BrF3NO3. The third kappa shape index (κ3) is 2.11. The number of alkyl halides is 4. The molecule has 0 spiro atoms. The molecule has 2 atom stereocenters. The van der Waals surface area contributed by atoms with Gasteiger partial charge in [-0.1, -0.05) is 22.9 Å². The molecule has 0 fully saturated rings. The van der Waals surface area contributed by atoms with E-state index in [1.165, 1.54) is 0 Å². The summed E-state index contributed by atoms with van der Waals surface area (Å²) in [5.41, 5.74) is -1.15. The summed E-state index contributed by atoms with van der Waals surface area (Å²) in [6, 6.07) is 0. The first-order valence-corrected chi connectivity index (χ1v) is 5.06. The van der Waals surface area contributed by atoms with Crippen molar-refractivity contribution in [2.75, 3.05) is 5.33 Å². The molecule has 0 aliphatic carbocycles. The molecule has 0 saturated heterocycles. The van der Waals surface area contributed by atoms with Crippen LogP contribution in [0, 0.1) is 0 Å². The van der Waals surface area contributed by atoms with Crippen LogP contribution in [0.25, 0.3) is 0 Å². The van der Waals surface area contributed by atoms with Crippen LogP contribution < -0.4 is 5.73 Å². The molecule has 0 radical (unpaired) electrons. The molecule has 0 aliphatic rings. The Morgan fingerprint density at radius 1 is 1.47 bits per heavy atom. The molecule has 4 N–H and O–H groups in total. The van der Waals surface area contributed by atoms with Crippen molar-refractivity contribution in [1.82, 2.24) is 0 Å². The highest BCUT2D eigenvalue weighted by molar-refractivity contribution is 9.09. The van der Waals surface area contributed by atoms with Gasteiger partial charge in [0.15, 0.2) is 11.1 Å². The Morgan fingerprint density at radius 3 is 1.93 bits per heavy atom. The largest absolute Gasteiger partial charge is 0.480 e. The van der Waals surface area contributed by atoms with E-state index in [1.807, 2.05) is 0 Å². The average Bonchev–Trinajstić information content (AvgIpc) is 2.12. The molecule has 0 amide bonds. The zero-order valence-electron chi connectivity index (χ0n) is 7.81. The van der Waals surface area contributed by atoms with Crippen LogP contribution in [0.5, 0.6) is 0 Å². The van der Waals surface area contributed by atoms with Gasteiger partial charge in [0.25, 0.3) is 0 Å². The number of aliphatic carboxylic acids is 1. The van der Waals surface area contributed by atoms with Gasteiger partial charge in [-0.3, -0.25) is 4.79 Å². The fraction of sp³-hybridized carbons (Fsp3) is 0.857. The van der Waals surface area contributed by atoms with Crippen molar-refractivity contribution >= 4 is 21.9 Å². The van der Waals surface area contributed by atoms with Crippen LogP contribution in [-0.4, -0.2) is 38.8 Å². The molecule has 8 heteroatoms. The van der Waals surface area contributed by atoms with Gasteiger partial charge in [0.05, 0.1) is 0 Å². The van der Waals surface area contributed by atoms with Crippen LogP contribution in [-0.2, 0) is 4.79 Å². The third-order valence-electron chi connectivity index (χ3n) is 2.34. The number of aliphatic hydroxyl groups is 1. The van der Waals surface area contributed by atoms with Gasteiger partial charge in [-0.25, -0.2) is 0 Å². The minimum atomic E-state index is -5.13. The summed E-state index contributed by atoms with van der Waals surface area (Å²) in [6.45, 7) is 1.16. The van der Waals surface area contributed by atoms with Gasteiger partial charge >= 0.3 is 12.1 Å².